The number of hydrazine groups is 1. The maximum Gasteiger partial charge on any atom is 0.324 e. The molecule has 9 nitrogen and oxygen atoms in total. The number of anilines is 1. The Labute approximate surface area is 143 Å². The van der Waals surface area contributed by atoms with E-state index in [1.807, 2.05) is 0 Å². The van der Waals surface area contributed by atoms with Crippen LogP contribution in [0.1, 0.15) is 10.4 Å². The number of nitrogens with one attached hydrogen (secondary N) is 3. The summed E-state index contributed by atoms with van der Waals surface area (Å²) in [4.78, 5) is 34.0. The van der Waals surface area contributed by atoms with Gasteiger partial charge in [0.2, 0.25) is 0 Å². The van der Waals surface area contributed by atoms with Crippen LogP contribution in [-0.2, 0) is 19.6 Å². The Bertz CT molecular complexity index is 895. The molecule has 0 aliphatic heterocycles. The number of nitrogens with two attached hydrogens (primary N) is 1. The molecule has 2 aromatic carbocycles. The highest BCUT2D eigenvalue weighted by molar-refractivity contribution is 7.90. The van der Waals surface area contributed by atoms with E-state index in [1.165, 1.54) is 29.7 Å². The van der Waals surface area contributed by atoms with E-state index in [0.29, 0.717) is 11.3 Å². The lowest BCUT2D eigenvalue weighted by atomic mass is 10.2. The summed E-state index contributed by atoms with van der Waals surface area (Å²) >= 11 is 0. The van der Waals surface area contributed by atoms with Gasteiger partial charge >= 0.3 is 11.8 Å². The predicted molar refractivity (Wildman–Crippen MR) is 88.5 cm³/mol. The molecule has 0 fully saturated rings. The minimum absolute atomic E-state index is 0.261. The molecule has 0 heterocycles. The molecular weight excluding hydrogens is 348 g/mol. The predicted octanol–water partition coefficient (Wildman–Crippen LogP) is -0.266. The van der Waals surface area contributed by atoms with Gasteiger partial charge < -0.3 is 5.32 Å². The Morgan fingerprint density at radius 1 is 0.840 bits per heavy atom. The summed E-state index contributed by atoms with van der Waals surface area (Å²) < 4.78 is 25.5. The second-order valence-electron chi connectivity index (χ2n) is 4.75. The summed E-state index contributed by atoms with van der Waals surface area (Å²) in [5.74, 6) is 1.68. The van der Waals surface area contributed by atoms with E-state index in [4.69, 9.17) is 5.84 Å². The van der Waals surface area contributed by atoms with Gasteiger partial charge in [0.25, 0.3) is 15.9 Å². The molecule has 3 amide bonds. The Morgan fingerprint density at radius 3 is 2.00 bits per heavy atom. The van der Waals surface area contributed by atoms with Gasteiger partial charge in [-0.25, -0.2) is 19.0 Å². The fraction of sp³-hybridized carbons (Fsp3) is 0. The maximum atomic E-state index is 12.0. The van der Waals surface area contributed by atoms with Crippen molar-refractivity contribution in [1.29, 1.82) is 0 Å². The van der Waals surface area contributed by atoms with Crippen LogP contribution in [0.2, 0.25) is 0 Å². The highest BCUT2D eigenvalue weighted by Gasteiger charge is 2.22. The highest BCUT2D eigenvalue weighted by atomic mass is 32.2. The van der Waals surface area contributed by atoms with Crippen LogP contribution in [-0.4, -0.2) is 26.1 Å². The molecule has 0 saturated heterocycles. The first-order chi connectivity index (χ1) is 11.8. The number of carbonyl (C=O) groups excluding carboxylic acids is 3. The van der Waals surface area contributed by atoms with Gasteiger partial charge in [0.05, 0.1) is 4.90 Å². The Balaban J connectivity index is 2.10. The van der Waals surface area contributed by atoms with Gasteiger partial charge in [-0.1, -0.05) is 18.2 Å². The second kappa shape index (κ2) is 7.55. The Hall–Kier alpha value is -3.24. The molecule has 25 heavy (non-hydrogen) atoms. The lowest BCUT2D eigenvalue weighted by molar-refractivity contribution is -0.138. The van der Waals surface area contributed by atoms with Crippen LogP contribution in [0.15, 0.2) is 59.5 Å². The first kappa shape index (κ1) is 18.1. The number of rotatable bonds is 4. The van der Waals surface area contributed by atoms with Gasteiger partial charge in [0.1, 0.15) is 0 Å². The monoisotopic (exact) mass is 362 g/mol. The first-order valence-electron chi connectivity index (χ1n) is 6.87. The van der Waals surface area contributed by atoms with E-state index in [0.717, 1.165) is 0 Å². The molecule has 5 N–H and O–H groups in total. The third kappa shape index (κ3) is 4.62. The van der Waals surface area contributed by atoms with Crippen LogP contribution in [0.5, 0.6) is 0 Å². The molecule has 130 valence electrons. The molecule has 0 aliphatic rings. The molecule has 0 atom stereocenters. The molecule has 0 aliphatic carbocycles. The molecule has 0 spiro atoms. The van der Waals surface area contributed by atoms with Crippen molar-refractivity contribution in [2.75, 3.05) is 5.32 Å². The van der Waals surface area contributed by atoms with E-state index in [9.17, 15) is 22.8 Å². The van der Waals surface area contributed by atoms with Gasteiger partial charge in [-0.3, -0.25) is 19.8 Å². The quantitative estimate of drug-likeness (QED) is 0.255. The van der Waals surface area contributed by atoms with Gasteiger partial charge in [-0.2, -0.15) is 0 Å². The van der Waals surface area contributed by atoms with E-state index in [-0.39, 0.29) is 10.8 Å². The minimum atomic E-state index is -4.24. The van der Waals surface area contributed by atoms with Crippen LogP contribution in [0, 0.1) is 0 Å². The van der Waals surface area contributed by atoms with Gasteiger partial charge in [0.15, 0.2) is 0 Å². The number of carbonyl (C=O) groups is 3. The number of sulfonamides is 1. The van der Waals surface area contributed by atoms with Crippen LogP contribution >= 0.6 is 0 Å². The summed E-state index contributed by atoms with van der Waals surface area (Å²) in [5, 5.41) is 2.60. The smallest absolute Gasteiger partial charge is 0.322 e. The summed E-state index contributed by atoms with van der Waals surface area (Å²) in [6, 6.07) is 13.5. The molecule has 2 aromatic rings. The van der Waals surface area contributed by atoms with E-state index < -0.39 is 21.8 Å². The van der Waals surface area contributed by atoms with Crippen LogP contribution in [0.25, 0.3) is 0 Å². The number of benzene rings is 2. The maximum absolute atomic E-state index is 12.0. The summed E-state index contributed by atoms with van der Waals surface area (Å²) in [5.41, 5.74) is 2.33. The summed E-state index contributed by atoms with van der Waals surface area (Å²) in [6.07, 6.45) is 0. The topological polar surface area (TPSA) is 147 Å². The summed E-state index contributed by atoms with van der Waals surface area (Å²) in [7, 11) is -4.24. The van der Waals surface area contributed by atoms with Crippen molar-refractivity contribution < 1.29 is 22.8 Å². The molecular formula is C15H14N4O5S. The molecule has 0 aromatic heterocycles. The largest absolute Gasteiger partial charge is 0.324 e. The average Bonchev–Trinajstić information content (AvgIpc) is 2.61. The molecule has 0 bridgehead atoms. The van der Waals surface area contributed by atoms with Crippen molar-refractivity contribution in [2.45, 2.75) is 4.90 Å². The molecule has 0 unspecified atom stereocenters. The highest BCUT2D eigenvalue weighted by Crippen LogP contribution is 2.15. The zero-order valence-electron chi connectivity index (χ0n) is 12.7. The Kier molecular flexibility index (Phi) is 5.47. The van der Waals surface area contributed by atoms with Gasteiger partial charge in [-0.15, -0.1) is 0 Å². The SMILES string of the molecule is NNC(=O)C(=O)NS(=O)(=O)c1ccc(NC(=O)c2ccccc2)cc1. The fourth-order valence-electron chi connectivity index (χ4n) is 1.80. The fourth-order valence-corrected chi connectivity index (χ4v) is 2.75. The van der Waals surface area contributed by atoms with Crippen LogP contribution < -0.4 is 21.3 Å². The summed E-state index contributed by atoms with van der Waals surface area (Å²) in [6.45, 7) is 0. The number of hydrogen-bond donors (Lipinski definition) is 4. The van der Waals surface area contributed by atoms with Gasteiger partial charge in [0, 0.05) is 11.3 Å². The van der Waals surface area contributed by atoms with Crippen molar-refractivity contribution in [1.82, 2.24) is 10.1 Å². The zero-order chi connectivity index (χ0) is 18.4. The molecule has 10 heteroatoms. The molecule has 2 rings (SSSR count). The number of hydrogen-bond acceptors (Lipinski definition) is 6. The van der Waals surface area contributed by atoms with Crippen LogP contribution in [0.4, 0.5) is 5.69 Å². The standard InChI is InChI=1S/C15H14N4O5S/c16-18-14(21)15(22)19-25(23,24)12-8-6-11(7-9-12)17-13(20)10-4-2-1-3-5-10/h1-9H,16H2,(H,17,20)(H,18,21)(H,19,22). The molecule has 0 saturated carbocycles. The zero-order valence-corrected chi connectivity index (χ0v) is 13.5. The third-order valence-electron chi connectivity index (χ3n) is 3.02. The third-order valence-corrected chi connectivity index (χ3v) is 4.37. The lowest BCUT2D eigenvalue weighted by Gasteiger charge is -2.08. The van der Waals surface area contributed by atoms with E-state index in [2.05, 4.69) is 5.32 Å². The first-order valence-corrected chi connectivity index (χ1v) is 8.36. The minimum Gasteiger partial charge on any atom is -0.322 e. The second-order valence-corrected chi connectivity index (χ2v) is 6.44. The lowest BCUT2D eigenvalue weighted by Crippen LogP contribution is -2.45. The van der Waals surface area contributed by atoms with Gasteiger partial charge in [-0.05, 0) is 36.4 Å². The van der Waals surface area contributed by atoms with Crippen molar-refractivity contribution in [2.24, 2.45) is 5.84 Å². The van der Waals surface area contributed by atoms with Crippen LogP contribution in [0.3, 0.4) is 0 Å². The van der Waals surface area contributed by atoms with Crippen molar-refractivity contribution in [3.05, 3.63) is 60.2 Å². The Morgan fingerprint density at radius 2 is 1.44 bits per heavy atom. The van der Waals surface area contributed by atoms with E-state index >= 15 is 0 Å². The average molecular weight is 362 g/mol. The normalized spacial score (nSPS) is 10.6. The van der Waals surface area contributed by atoms with Crippen molar-refractivity contribution in [3.63, 3.8) is 0 Å². The van der Waals surface area contributed by atoms with E-state index in [1.54, 1.807) is 35.1 Å². The van der Waals surface area contributed by atoms with Crippen molar-refractivity contribution in [3.8, 4) is 0 Å². The molecule has 0 radical (unpaired) electrons. The number of amides is 3. The van der Waals surface area contributed by atoms with Crippen molar-refractivity contribution >= 4 is 33.4 Å².